The molecule has 0 saturated carbocycles. The fraction of sp³-hybridized carbons (Fsp3) is 0.524. The van der Waals surface area contributed by atoms with Crippen LogP contribution in [0.5, 0.6) is 0 Å². The van der Waals surface area contributed by atoms with E-state index in [4.69, 9.17) is 34.7 Å². The predicted octanol–water partition coefficient (Wildman–Crippen LogP) is -1.53. The van der Waals surface area contributed by atoms with Gasteiger partial charge in [-0.25, -0.2) is 28.9 Å². The third-order valence-electron chi connectivity index (χ3n) is 6.86. The third kappa shape index (κ3) is 5.24. The van der Waals surface area contributed by atoms with Crippen LogP contribution in [0.3, 0.4) is 0 Å². The van der Waals surface area contributed by atoms with E-state index < -0.39 is 69.3 Å². The number of H-pyrrole nitrogens is 1. The Hall–Kier alpha value is -3.66. The van der Waals surface area contributed by atoms with Gasteiger partial charge >= 0.3 is 7.82 Å². The first-order valence-corrected chi connectivity index (χ1v) is 14.2. The normalized spacial score (nSPS) is 30.8. The smallest absolute Gasteiger partial charge is 0.386 e. The minimum atomic E-state index is -5.12. The van der Waals surface area contributed by atoms with E-state index in [1.54, 1.807) is 6.92 Å². The van der Waals surface area contributed by atoms with Crippen LogP contribution in [0.1, 0.15) is 19.4 Å². The average molecular weight is 628 g/mol. The number of phosphoric ester groups is 1. The van der Waals surface area contributed by atoms with Gasteiger partial charge in [-0.1, -0.05) is 0 Å². The van der Waals surface area contributed by atoms with Crippen LogP contribution in [0.4, 0.5) is 16.2 Å². The predicted molar refractivity (Wildman–Crippen MR) is 139 cm³/mol. The molecule has 232 valence electrons. The molecule has 2 fully saturated rings. The van der Waals surface area contributed by atoms with Gasteiger partial charge in [-0.15, -0.1) is 0 Å². The molecule has 2 saturated heterocycles. The van der Waals surface area contributed by atoms with Crippen molar-refractivity contribution in [3.05, 3.63) is 29.3 Å². The second-order valence-corrected chi connectivity index (χ2v) is 10.9. The number of fused-ring (bicyclic) bond motifs is 2. The molecular formula is C21H26FN10O10P. The number of nitrogens with two attached hydrogens (primary N) is 2. The van der Waals surface area contributed by atoms with Crippen LogP contribution >= 0.6 is 7.82 Å². The number of hydrogen-bond donors (Lipinski definition) is 6. The Balaban J connectivity index is 1.20. The highest BCUT2D eigenvalue weighted by Gasteiger charge is 2.51. The SMILES string of the molecule is CCOC1C(COP(=O)(O)OC2C(F)C(O)OC2n2cnc3c(=O)[nH]c(N)nc32)OC(n2cnc3c(N)ncnc32)C1O. The van der Waals surface area contributed by atoms with E-state index in [0.29, 0.717) is 0 Å². The van der Waals surface area contributed by atoms with Gasteiger partial charge in [-0.2, -0.15) is 4.98 Å². The Morgan fingerprint density at radius 3 is 2.53 bits per heavy atom. The van der Waals surface area contributed by atoms with E-state index in [1.165, 1.54) is 17.2 Å². The van der Waals surface area contributed by atoms with Crippen molar-refractivity contribution in [2.24, 2.45) is 0 Å². The third-order valence-corrected chi connectivity index (χ3v) is 7.84. The second-order valence-electron chi connectivity index (χ2n) is 9.53. The van der Waals surface area contributed by atoms with E-state index in [9.17, 15) is 28.9 Å². The zero-order valence-corrected chi connectivity index (χ0v) is 23.0. The molecule has 0 amide bonds. The number of nitrogens with one attached hydrogen (secondary N) is 1. The summed E-state index contributed by atoms with van der Waals surface area (Å²) in [7, 11) is -5.12. The fourth-order valence-electron chi connectivity index (χ4n) is 4.97. The summed E-state index contributed by atoms with van der Waals surface area (Å²) in [4.78, 5) is 44.9. The first-order valence-electron chi connectivity index (χ1n) is 12.7. The van der Waals surface area contributed by atoms with Crippen molar-refractivity contribution in [3.8, 4) is 0 Å². The lowest BCUT2D eigenvalue weighted by atomic mass is 10.1. The van der Waals surface area contributed by atoms with Gasteiger partial charge in [0.1, 0.15) is 30.2 Å². The van der Waals surface area contributed by atoms with Crippen LogP contribution in [0.25, 0.3) is 22.3 Å². The Morgan fingerprint density at radius 2 is 1.79 bits per heavy atom. The van der Waals surface area contributed by atoms with Crippen LogP contribution < -0.4 is 17.0 Å². The van der Waals surface area contributed by atoms with Gasteiger partial charge in [0, 0.05) is 6.61 Å². The topological polar surface area (TPSA) is 283 Å². The quantitative estimate of drug-likeness (QED) is 0.115. The maximum atomic E-state index is 15.0. The molecule has 2 aliphatic rings. The lowest BCUT2D eigenvalue weighted by molar-refractivity contribution is -0.131. The molecule has 6 heterocycles. The van der Waals surface area contributed by atoms with Crippen LogP contribution in [0.2, 0.25) is 0 Å². The van der Waals surface area contributed by atoms with E-state index in [-0.39, 0.29) is 40.7 Å². The molecule has 20 nitrogen and oxygen atoms in total. The van der Waals surface area contributed by atoms with Crippen LogP contribution in [0, 0.1) is 0 Å². The van der Waals surface area contributed by atoms with Crippen molar-refractivity contribution in [2.45, 2.75) is 56.3 Å². The average Bonchev–Trinajstić information content (AvgIpc) is 3.70. The summed E-state index contributed by atoms with van der Waals surface area (Å²) in [6, 6.07) is 0. The first-order chi connectivity index (χ1) is 20.5. The number of aromatic nitrogens is 8. The summed E-state index contributed by atoms with van der Waals surface area (Å²) in [5, 5.41) is 21.0. The molecule has 22 heteroatoms. The van der Waals surface area contributed by atoms with Gasteiger partial charge in [0.15, 0.2) is 53.7 Å². The number of aliphatic hydroxyl groups excluding tert-OH is 2. The van der Waals surface area contributed by atoms with Crippen LogP contribution in [-0.2, 0) is 27.8 Å². The van der Waals surface area contributed by atoms with E-state index in [1.807, 2.05) is 0 Å². The highest BCUT2D eigenvalue weighted by Crippen LogP contribution is 2.50. The molecule has 6 rings (SSSR count). The zero-order chi connectivity index (χ0) is 30.6. The number of phosphoric acid groups is 1. The second kappa shape index (κ2) is 11.1. The van der Waals surface area contributed by atoms with Gasteiger partial charge in [0.2, 0.25) is 5.95 Å². The summed E-state index contributed by atoms with van der Waals surface area (Å²) < 4.78 is 57.4. The highest BCUT2D eigenvalue weighted by atomic mass is 31.2. The zero-order valence-electron chi connectivity index (χ0n) is 22.1. The van der Waals surface area contributed by atoms with Crippen molar-refractivity contribution < 1.29 is 47.3 Å². The number of rotatable bonds is 9. The van der Waals surface area contributed by atoms with Crippen molar-refractivity contribution in [1.82, 2.24) is 39.0 Å². The van der Waals surface area contributed by atoms with Crippen molar-refractivity contribution >= 4 is 41.9 Å². The monoisotopic (exact) mass is 628 g/mol. The molecule has 9 unspecified atom stereocenters. The van der Waals surface area contributed by atoms with Crippen LogP contribution in [0.15, 0.2) is 23.8 Å². The lowest BCUT2D eigenvalue weighted by Gasteiger charge is -2.24. The molecule has 4 aromatic heterocycles. The number of halogens is 1. The molecule has 43 heavy (non-hydrogen) atoms. The number of imidazole rings is 2. The van der Waals surface area contributed by atoms with Crippen LogP contribution in [-0.4, -0.2) is 104 Å². The Bertz CT molecular complexity index is 1750. The first kappa shape index (κ1) is 29.4. The van der Waals surface area contributed by atoms with Crippen molar-refractivity contribution in [2.75, 3.05) is 24.7 Å². The number of nitrogen functional groups attached to an aromatic ring is 2. The standard InChI is InChI=1S/C21H26FN10O10P/c1-2-38-12-7(40-18(11(12)33)31-5-27-9-14(23)25-4-26-15(9)31)3-39-43(36,37)42-13-8(22)20(35)41-19(13)32-6-28-10-16(32)29-21(24)30-17(10)34/h4-8,11-13,18-20,33,35H,2-3H2,1H3,(H,36,37)(H2,23,25,26)(H3,24,29,30,34). The molecule has 8 N–H and O–H groups in total. The van der Waals surface area contributed by atoms with Crippen molar-refractivity contribution in [1.29, 1.82) is 0 Å². The molecule has 0 aromatic carbocycles. The van der Waals surface area contributed by atoms with Gasteiger partial charge in [0.25, 0.3) is 5.56 Å². The number of nitrogens with zero attached hydrogens (tertiary/aromatic N) is 7. The number of aliphatic hydroxyl groups is 2. The number of anilines is 2. The summed E-state index contributed by atoms with van der Waals surface area (Å²) >= 11 is 0. The van der Waals surface area contributed by atoms with Gasteiger partial charge in [0.05, 0.1) is 19.3 Å². The van der Waals surface area contributed by atoms with E-state index >= 15 is 0 Å². The molecule has 0 bridgehead atoms. The molecule has 2 aliphatic heterocycles. The summed E-state index contributed by atoms with van der Waals surface area (Å²) in [5.41, 5.74) is 10.9. The number of alkyl halides is 1. The molecule has 0 spiro atoms. The van der Waals surface area contributed by atoms with Crippen molar-refractivity contribution in [3.63, 3.8) is 0 Å². The van der Waals surface area contributed by atoms with Gasteiger partial charge in [-0.3, -0.25) is 28.0 Å². The van der Waals surface area contributed by atoms with E-state index in [0.717, 1.165) is 10.9 Å². The maximum absolute atomic E-state index is 15.0. The minimum absolute atomic E-state index is 0.107. The fourth-order valence-corrected chi connectivity index (χ4v) is 5.89. The largest absolute Gasteiger partial charge is 0.472 e. The number of hydrogen-bond acceptors (Lipinski definition) is 16. The maximum Gasteiger partial charge on any atom is 0.472 e. The Morgan fingerprint density at radius 1 is 1.07 bits per heavy atom. The van der Waals surface area contributed by atoms with E-state index in [2.05, 4.69) is 29.9 Å². The van der Waals surface area contributed by atoms with Gasteiger partial charge < -0.3 is 40.8 Å². The summed E-state index contributed by atoms with van der Waals surface area (Å²) in [6.07, 6.45) is -8.96. The molecule has 0 radical (unpaired) electrons. The summed E-state index contributed by atoms with van der Waals surface area (Å²) in [5.74, 6) is -0.181. The highest BCUT2D eigenvalue weighted by molar-refractivity contribution is 7.47. The summed E-state index contributed by atoms with van der Waals surface area (Å²) in [6.45, 7) is 1.15. The Kier molecular flexibility index (Phi) is 7.61. The molecule has 9 atom stereocenters. The Labute approximate surface area is 239 Å². The molecular weight excluding hydrogens is 602 g/mol. The van der Waals surface area contributed by atoms with Gasteiger partial charge in [-0.05, 0) is 6.92 Å². The molecule has 0 aliphatic carbocycles. The number of ether oxygens (including phenoxy) is 3. The minimum Gasteiger partial charge on any atom is -0.386 e. The molecule has 4 aromatic rings. The lowest BCUT2D eigenvalue weighted by Crippen LogP contribution is -2.37. The number of aromatic amines is 1.